The summed E-state index contributed by atoms with van der Waals surface area (Å²) in [5.41, 5.74) is 5.68. The van der Waals surface area contributed by atoms with Gasteiger partial charge < -0.3 is 5.32 Å². The van der Waals surface area contributed by atoms with Gasteiger partial charge in [0.1, 0.15) is 18.0 Å². The highest BCUT2D eigenvalue weighted by atomic mass is 16.1. The Labute approximate surface area is 190 Å². The highest BCUT2D eigenvalue weighted by Gasteiger charge is 2.17. The molecule has 0 amide bonds. The molecule has 0 atom stereocenters. The molecule has 9 heteroatoms. The van der Waals surface area contributed by atoms with Crippen molar-refractivity contribution in [3.8, 4) is 11.6 Å². The Bertz CT molecular complexity index is 1500. The van der Waals surface area contributed by atoms with E-state index in [1.54, 1.807) is 29.5 Å². The van der Waals surface area contributed by atoms with Crippen LogP contribution in [0, 0.1) is 20.8 Å². The Morgan fingerprint density at radius 3 is 2.48 bits per heavy atom. The summed E-state index contributed by atoms with van der Waals surface area (Å²) in [7, 11) is 0. The number of carbonyl (C=O) groups excluding carboxylic acids is 1. The number of nitrogens with zero attached hydrogens (tertiary/aromatic N) is 7. The van der Waals surface area contributed by atoms with Gasteiger partial charge in [-0.2, -0.15) is 5.10 Å². The standard InChI is InChI=1S/C24H22N8O/c1-14-9-16(3)32(30-14)24-19(17(4)33)6-8-23(29-24)31-13-27-20-10-18(5-7-21(20)31)28-22-12-25-15(2)11-26-22/h5-13H,1-4H3,(H,26,28). The SMILES string of the molecule is CC(=O)c1ccc(-n2cnc3cc(Nc4cnc(C)cn4)ccc32)nc1-n1nc(C)cc1C. The Morgan fingerprint density at radius 1 is 0.939 bits per heavy atom. The lowest BCUT2D eigenvalue weighted by Crippen LogP contribution is -2.11. The van der Waals surface area contributed by atoms with Crippen LogP contribution in [-0.2, 0) is 0 Å². The minimum absolute atomic E-state index is 0.0676. The highest BCUT2D eigenvalue weighted by molar-refractivity contribution is 5.97. The van der Waals surface area contributed by atoms with Crippen LogP contribution in [0.5, 0.6) is 0 Å². The largest absolute Gasteiger partial charge is 0.339 e. The number of anilines is 2. The van der Waals surface area contributed by atoms with Crippen molar-refractivity contribution >= 4 is 28.3 Å². The molecule has 0 fully saturated rings. The Morgan fingerprint density at radius 2 is 1.79 bits per heavy atom. The fourth-order valence-electron chi connectivity index (χ4n) is 3.73. The molecule has 5 rings (SSSR count). The molecule has 1 N–H and O–H groups in total. The number of hydrogen-bond donors (Lipinski definition) is 1. The van der Waals surface area contributed by atoms with Gasteiger partial charge in [-0.05, 0) is 64.1 Å². The van der Waals surface area contributed by atoms with Crippen molar-refractivity contribution in [2.45, 2.75) is 27.7 Å². The van der Waals surface area contributed by atoms with E-state index in [0.717, 1.165) is 33.8 Å². The van der Waals surface area contributed by atoms with E-state index in [1.165, 1.54) is 6.92 Å². The number of aromatic nitrogens is 7. The molecule has 0 aliphatic carbocycles. The first-order valence-corrected chi connectivity index (χ1v) is 10.5. The van der Waals surface area contributed by atoms with Crippen LogP contribution in [0.2, 0.25) is 0 Å². The summed E-state index contributed by atoms with van der Waals surface area (Å²) >= 11 is 0. The Balaban J connectivity index is 1.55. The van der Waals surface area contributed by atoms with Gasteiger partial charge in [0, 0.05) is 11.4 Å². The summed E-state index contributed by atoms with van der Waals surface area (Å²) in [5.74, 6) is 1.75. The third-order valence-corrected chi connectivity index (χ3v) is 5.30. The molecule has 0 aliphatic rings. The minimum Gasteiger partial charge on any atom is -0.339 e. The third-order valence-electron chi connectivity index (χ3n) is 5.30. The predicted molar refractivity (Wildman–Crippen MR) is 126 cm³/mol. The molecule has 0 spiro atoms. The summed E-state index contributed by atoms with van der Waals surface area (Å²) in [5, 5.41) is 7.77. The number of hydrogen-bond acceptors (Lipinski definition) is 7. The van der Waals surface area contributed by atoms with Crippen LogP contribution in [0.1, 0.15) is 34.4 Å². The van der Waals surface area contributed by atoms with Crippen molar-refractivity contribution in [1.82, 2.24) is 34.3 Å². The van der Waals surface area contributed by atoms with Crippen molar-refractivity contribution in [3.05, 3.63) is 77.8 Å². The first kappa shape index (κ1) is 20.5. The van der Waals surface area contributed by atoms with E-state index in [-0.39, 0.29) is 5.78 Å². The molecule has 33 heavy (non-hydrogen) atoms. The van der Waals surface area contributed by atoms with Gasteiger partial charge >= 0.3 is 0 Å². The van der Waals surface area contributed by atoms with Crippen LogP contribution in [-0.4, -0.2) is 40.1 Å². The first-order chi connectivity index (χ1) is 15.9. The second kappa shape index (κ2) is 7.94. The minimum atomic E-state index is -0.0676. The number of rotatable bonds is 5. The summed E-state index contributed by atoms with van der Waals surface area (Å²) in [6.07, 6.45) is 5.13. The van der Waals surface area contributed by atoms with Gasteiger partial charge in [0.05, 0.1) is 40.4 Å². The number of fused-ring (bicyclic) bond motifs is 1. The molecule has 9 nitrogen and oxygen atoms in total. The van der Waals surface area contributed by atoms with Crippen molar-refractivity contribution in [2.24, 2.45) is 0 Å². The first-order valence-electron chi connectivity index (χ1n) is 10.5. The summed E-state index contributed by atoms with van der Waals surface area (Å²) < 4.78 is 3.60. The Hall–Kier alpha value is -4.40. The number of nitrogens with one attached hydrogen (secondary N) is 1. The van der Waals surface area contributed by atoms with E-state index >= 15 is 0 Å². The molecule has 0 aliphatic heterocycles. The van der Waals surface area contributed by atoms with Gasteiger partial charge in [0.2, 0.25) is 0 Å². The van der Waals surface area contributed by atoms with Gasteiger partial charge in [-0.15, -0.1) is 0 Å². The zero-order valence-corrected chi connectivity index (χ0v) is 18.7. The molecular weight excluding hydrogens is 416 g/mol. The lowest BCUT2D eigenvalue weighted by Gasteiger charge is -2.12. The van der Waals surface area contributed by atoms with E-state index in [9.17, 15) is 4.79 Å². The van der Waals surface area contributed by atoms with Gasteiger partial charge in [-0.3, -0.25) is 14.3 Å². The normalized spacial score (nSPS) is 11.2. The summed E-state index contributed by atoms with van der Waals surface area (Å²) in [4.78, 5) is 30.2. The molecule has 0 radical (unpaired) electrons. The zero-order chi connectivity index (χ0) is 23.1. The number of ketones is 1. The van der Waals surface area contributed by atoms with Crippen molar-refractivity contribution in [1.29, 1.82) is 0 Å². The average Bonchev–Trinajstić information content (AvgIpc) is 3.36. The van der Waals surface area contributed by atoms with Crippen LogP contribution in [0.4, 0.5) is 11.5 Å². The number of pyridine rings is 1. The van der Waals surface area contributed by atoms with Crippen molar-refractivity contribution in [2.75, 3.05) is 5.32 Å². The van der Waals surface area contributed by atoms with Gasteiger partial charge in [-0.25, -0.2) is 19.6 Å². The van der Waals surface area contributed by atoms with E-state index in [1.807, 2.05) is 55.7 Å². The molecule has 5 aromatic rings. The van der Waals surface area contributed by atoms with Gasteiger partial charge in [0.15, 0.2) is 11.6 Å². The topological polar surface area (TPSA) is 103 Å². The quantitative estimate of drug-likeness (QED) is 0.409. The zero-order valence-electron chi connectivity index (χ0n) is 18.7. The molecule has 164 valence electrons. The molecule has 0 unspecified atom stereocenters. The smallest absolute Gasteiger partial charge is 0.166 e. The molecule has 0 saturated heterocycles. The number of benzene rings is 1. The lowest BCUT2D eigenvalue weighted by atomic mass is 10.2. The number of imidazole rings is 1. The monoisotopic (exact) mass is 438 g/mol. The van der Waals surface area contributed by atoms with E-state index < -0.39 is 0 Å². The van der Waals surface area contributed by atoms with Crippen LogP contribution >= 0.6 is 0 Å². The summed E-state index contributed by atoms with van der Waals surface area (Å²) in [6.45, 7) is 7.29. The maximum Gasteiger partial charge on any atom is 0.166 e. The molecular formula is C24H22N8O. The molecule has 4 aromatic heterocycles. The molecule has 4 heterocycles. The van der Waals surface area contributed by atoms with Gasteiger partial charge in [-0.1, -0.05) is 0 Å². The predicted octanol–water partition coefficient (Wildman–Crippen LogP) is 4.27. The number of carbonyl (C=O) groups is 1. The number of Topliss-reactive ketones (excluding diaryl/α,β-unsaturated/α-hetero) is 1. The molecule has 1 aromatic carbocycles. The Kier molecular flexibility index (Phi) is 4.93. The van der Waals surface area contributed by atoms with Crippen LogP contribution in [0.25, 0.3) is 22.7 Å². The van der Waals surface area contributed by atoms with Crippen molar-refractivity contribution in [3.63, 3.8) is 0 Å². The number of aryl methyl sites for hydroxylation is 3. The maximum atomic E-state index is 12.3. The van der Waals surface area contributed by atoms with E-state index in [4.69, 9.17) is 4.98 Å². The molecule has 0 bridgehead atoms. The van der Waals surface area contributed by atoms with Crippen LogP contribution < -0.4 is 5.32 Å². The fourth-order valence-corrected chi connectivity index (χ4v) is 3.73. The van der Waals surface area contributed by atoms with Crippen molar-refractivity contribution < 1.29 is 4.79 Å². The second-order valence-corrected chi connectivity index (χ2v) is 7.92. The fraction of sp³-hybridized carbons (Fsp3) is 0.167. The third kappa shape index (κ3) is 3.84. The summed E-state index contributed by atoms with van der Waals surface area (Å²) in [6, 6.07) is 11.4. The van der Waals surface area contributed by atoms with Crippen LogP contribution in [0.15, 0.2) is 55.1 Å². The van der Waals surface area contributed by atoms with Crippen LogP contribution in [0.3, 0.4) is 0 Å². The molecule has 0 saturated carbocycles. The average molecular weight is 438 g/mol. The van der Waals surface area contributed by atoms with E-state index in [0.29, 0.717) is 23.0 Å². The second-order valence-electron chi connectivity index (χ2n) is 7.92. The maximum absolute atomic E-state index is 12.3. The lowest BCUT2D eigenvalue weighted by molar-refractivity contribution is 0.101. The van der Waals surface area contributed by atoms with Gasteiger partial charge in [0.25, 0.3) is 0 Å². The highest BCUT2D eigenvalue weighted by Crippen LogP contribution is 2.24. The van der Waals surface area contributed by atoms with E-state index in [2.05, 4.69) is 25.4 Å².